The predicted molar refractivity (Wildman–Crippen MR) is 78.0 cm³/mol. The van der Waals surface area contributed by atoms with Crippen LogP contribution in [0, 0.1) is 11.6 Å². The Bertz CT molecular complexity index is 627. The van der Waals surface area contributed by atoms with Crippen molar-refractivity contribution in [2.45, 2.75) is 17.4 Å². The summed E-state index contributed by atoms with van der Waals surface area (Å²) in [5.74, 6) is -2.07. The molecule has 0 aromatic heterocycles. The summed E-state index contributed by atoms with van der Waals surface area (Å²) < 4.78 is 53.8. The first-order chi connectivity index (χ1) is 10.5. The van der Waals surface area contributed by atoms with Crippen LogP contribution >= 0.6 is 0 Å². The lowest BCUT2D eigenvalue weighted by molar-refractivity contribution is 0.179. The third-order valence-electron chi connectivity index (χ3n) is 4.31. The molecule has 1 aromatic carbocycles. The minimum atomic E-state index is -4.13. The third kappa shape index (κ3) is 2.88. The molecule has 3 rings (SSSR count). The van der Waals surface area contributed by atoms with Gasteiger partial charge in [-0.25, -0.2) is 17.2 Å². The number of sulfonamides is 1. The molecule has 1 atom stereocenters. The van der Waals surface area contributed by atoms with Gasteiger partial charge >= 0.3 is 0 Å². The Kier molecular flexibility index (Phi) is 4.44. The quantitative estimate of drug-likeness (QED) is 0.883. The van der Waals surface area contributed by atoms with Crippen molar-refractivity contribution in [1.29, 1.82) is 0 Å². The molecule has 0 saturated carbocycles. The number of hydrogen-bond donors (Lipinski definition) is 1. The summed E-state index contributed by atoms with van der Waals surface area (Å²) in [4.78, 5) is 1.40. The van der Waals surface area contributed by atoms with E-state index < -0.39 is 26.6 Å². The molecular formula is C14H19F2N3O2S. The highest BCUT2D eigenvalue weighted by molar-refractivity contribution is 7.89. The molecular weight excluding hydrogens is 312 g/mol. The average molecular weight is 331 g/mol. The zero-order valence-corrected chi connectivity index (χ0v) is 13.0. The van der Waals surface area contributed by atoms with E-state index in [4.69, 9.17) is 0 Å². The molecule has 2 aliphatic heterocycles. The molecule has 1 N–H and O–H groups in total. The first-order valence-corrected chi connectivity index (χ1v) is 8.83. The van der Waals surface area contributed by atoms with Crippen LogP contribution in [0.3, 0.4) is 0 Å². The van der Waals surface area contributed by atoms with E-state index in [0.717, 1.165) is 44.4 Å². The van der Waals surface area contributed by atoms with E-state index in [0.29, 0.717) is 13.0 Å². The fraction of sp³-hybridized carbons (Fsp3) is 0.571. The monoisotopic (exact) mass is 331 g/mol. The number of hydrogen-bond acceptors (Lipinski definition) is 4. The lowest BCUT2D eigenvalue weighted by Crippen LogP contribution is -2.49. The van der Waals surface area contributed by atoms with E-state index in [1.54, 1.807) is 0 Å². The molecule has 5 nitrogen and oxygen atoms in total. The second-order valence-corrected chi connectivity index (χ2v) is 7.52. The van der Waals surface area contributed by atoms with Crippen LogP contribution in [0.4, 0.5) is 8.78 Å². The van der Waals surface area contributed by atoms with Crippen molar-refractivity contribution in [3.8, 4) is 0 Å². The molecule has 2 heterocycles. The minimum Gasteiger partial charge on any atom is -0.314 e. The molecule has 2 fully saturated rings. The standard InChI is InChI=1S/C14H19F2N3O2S/c15-12-2-1-3-13(16)14(12)22(20,21)19-7-4-11(10-19)18-8-5-17-6-9-18/h1-3,11,17H,4-10H2. The number of nitrogens with one attached hydrogen (secondary N) is 1. The Labute approximate surface area is 129 Å². The van der Waals surface area contributed by atoms with Crippen molar-refractivity contribution in [3.63, 3.8) is 0 Å². The van der Waals surface area contributed by atoms with Crippen LogP contribution in [0.1, 0.15) is 6.42 Å². The first-order valence-electron chi connectivity index (χ1n) is 7.39. The zero-order chi connectivity index (χ0) is 15.7. The molecule has 122 valence electrons. The van der Waals surface area contributed by atoms with Gasteiger partial charge < -0.3 is 5.32 Å². The highest BCUT2D eigenvalue weighted by atomic mass is 32.2. The van der Waals surface area contributed by atoms with E-state index in [1.807, 2.05) is 0 Å². The van der Waals surface area contributed by atoms with Crippen LogP contribution in [-0.4, -0.2) is 62.9 Å². The lowest BCUT2D eigenvalue weighted by atomic mass is 10.2. The second kappa shape index (κ2) is 6.19. The Morgan fingerprint density at radius 3 is 2.36 bits per heavy atom. The summed E-state index contributed by atoms with van der Waals surface area (Å²) in [5, 5.41) is 3.25. The van der Waals surface area contributed by atoms with Gasteiger partial charge in [0.2, 0.25) is 10.0 Å². The number of piperazine rings is 1. The molecule has 2 aliphatic rings. The maximum Gasteiger partial charge on any atom is 0.248 e. The summed E-state index contributed by atoms with van der Waals surface area (Å²) in [6.07, 6.45) is 0.690. The Balaban J connectivity index is 1.79. The van der Waals surface area contributed by atoms with Crippen LogP contribution in [0.2, 0.25) is 0 Å². The van der Waals surface area contributed by atoms with Gasteiger partial charge in [-0.15, -0.1) is 0 Å². The van der Waals surface area contributed by atoms with E-state index >= 15 is 0 Å². The first kappa shape index (κ1) is 15.8. The maximum absolute atomic E-state index is 13.8. The van der Waals surface area contributed by atoms with Gasteiger partial charge in [0.25, 0.3) is 0 Å². The largest absolute Gasteiger partial charge is 0.314 e. The van der Waals surface area contributed by atoms with Crippen LogP contribution < -0.4 is 5.32 Å². The minimum absolute atomic E-state index is 0.117. The normalized spacial score (nSPS) is 24.7. The van der Waals surface area contributed by atoms with Crippen LogP contribution in [-0.2, 0) is 10.0 Å². The van der Waals surface area contributed by atoms with Gasteiger partial charge in [-0.05, 0) is 18.6 Å². The number of halogens is 2. The van der Waals surface area contributed by atoms with Crippen molar-refractivity contribution in [2.24, 2.45) is 0 Å². The fourth-order valence-corrected chi connectivity index (χ4v) is 4.73. The maximum atomic E-state index is 13.8. The predicted octanol–water partition coefficient (Wildman–Crippen LogP) is 0.633. The Hall–Kier alpha value is -1.09. The van der Waals surface area contributed by atoms with E-state index in [-0.39, 0.29) is 12.6 Å². The highest BCUT2D eigenvalue weighted by Crippen LogP contribution is 2.27. The van der Waals surface area contributed by atoms with Crippen molar-refractivity contribution >= 4 is 10.0 Å². The molecule has 0 aliphatic carbocycles. The molecule has 22 heavy (non-hydrogen) atoms. The summed E-state index contributed by atoms with van der Waals surface area (Å²) in [6, 6.07) is 3.23. The van der Waals surface area contributed by atoms with Gasteiger partial charge in [0.15, 0.2) is 4.90 Å². The van der Waals surface area contributed by atoms with Crippen molar-refractivity contribution < 1.29 is 17.2 Å². The van der Waals surface area contributed by atoms with E-state index in [2.05, 4.69) is 10.2 Å². The smallest absolute Gasteiger partial charge is 0.248 e. The van der Waals surface area contributed by atoms with Crippen LogP contribution in [0.15, 0.2) is 23.1 Å². The average Bonchev–Trinajstić information content (AvgIpc) is 2.98. The molecule has 2 saturated heterocycles. The zero-order valence-electron chi connectivity index (χ0n) is 12.1. The van der Waals surface area contributed by atoms with Crippen molar-refractivity contribution in [3.05, 3.63) is 29.8 Å². The number of nitrogens with zero attached hydrogens (tertiary/aromatic N) is 2. The summed E-state index contributed by atoms with van der Waals surface area (Å²) in [7, 11) is -4.13. The Morgan fingerprint density at radius 1 is 1.09 bits per heavy atom. The van der Waals surface area contributed by atoms with Crippen molar-refractivity contribution in [2.75, 3.05) is 39.3 Å². The topological polar surface area (TPSA) is 52.7 Å². The van der Waals surface area contributed by atoms with Gasteiger partial charge in [0, 0.05) is 45.3 Å². The number of benzene rings is 1. The van der Waals surface area contributed by atoms with Crippen molar-refractivity contribution in [1.82, 2.24) is 14.5 Å². The number of rotatable bonds is 3. The molecule has 0 bridgehead atoms. The Morgan fingerprint density at radius 2 is 1.73 bits per heavy atom. The molecule has 1 unspecified atom stereocenters. The third-order valence-corrected chi connectivity index (χ3v) is 6.23. The van der Waals surface area contributed by atoms with Gasteiger partial charge in [0.1, 0.15) is 11.6 Å². The van der Waals surface area contributed by atoms with E-state index in [1.165, 1.54) is 4.31 Å². The summed E-state index contributed by atoms with van der Waals surface area (Å²) >= 11 is 0. The molecule has 0 amide bonds. The van der Waals surface area contributed by atoms with Crippen LogP contribution in [0.5, 0.6) is 0 Å². The van der Waals surface area contributed by atoms with Crippen LogP contribution in [0.25, 0.3) is 0 Å². The van der Waals surface area contributed by atoms with E-state index in [9.17, 15) is 17.2 Å². The fourth-order valence-electron chi connectivity index (χ4n) is 3.13. The van der Waals surface area contributed by atoms with Gasteiger partial charge in [-0.3, -0.25) is 4.90 Å². The lowest BCUT2D eigenvalue weighted by Gasteiger charge is -2.32. The molecule has 0 spiro atoms. The van der Waals surface area contributed by atoms with Gasteiger partial charge in [-0.1, -0.05) is 6.07 Å². The van der Waals surface area contributed by atoms with Gasteiger partial charge in [0.05, 0.1) is 0 Å². The molecule has 0 radical (unpaired) electrons. The highest BCUT2D eigenvalue weighted by Gasteiger charge is 2.38. The second-order valence-electron chi connectivity index (χ2n) is 5.64. The molecule has 8 heteroatoms. The molecule has 1 aromatic rings. The summed E-state index contributed by atoms with van der Waals surface area (Å²) in [6.45, 7) is 4.08. The summed E-state index contributed by atoms with van der Waals surface area (Å²) in [5.41, 5.74) is 0. The SMILES string of the molecule is O=S(=O)(c1c(F)cccc1F)N1CCC(N2CCNCC2)C1. The van der Waals surface area contributed by atoms with Gasteiger partial charge in [-0.2, -0.15) is 4.31 Å².